The van der Waals surface area contributed by atoms with Crippen molar-refractivity contribution in [2.75, 3.05) is 0 Å². The van der Waals surface area contributed by atoms with Crippen LogP contribution in [0.2, 0.25) is 0 Å². The first-order valence-corrected chi connectivity index (χ1v) is 4.80. The number of hydrogen-bond acceptors (Lipinski definition) is 2. The highest BCUT2D eigenvalue weighted by molar-refractivity contribution is 6.02. The number of pyridine rings is 1. The molecule has 4 nitrogen and oxygen atoms in total. The Bertz CT molecular complexity index is 757. The number of rotatable bonds is 0. The molecule has 0 fully saturated rings. The number of halogens is 1. The normalized spacial score (nSPS) is 11.4. The molecule has 3 rings (SSSR count). The summed E-state index contributed by atoms with van der Waals surface area (Å²) in [6.45, 7) is 0. The van der Waals surface area contributed by atoms with Crippen LogP contribution in [0, 0.1) is 5.82 Å². The van der Waals surface area contributed by atoms with Gasteiger partial charge in [0.25, 0.3) is 5.56 Å². The average molecular weight is 217 g/mol. The van der Waals surface area contributed by atoms with E-state index in [1.165, 1.54) is 12.1 Å². The Labute approximate surface area is 89.3 Å². The summed E-state index contributed by atoms with van der Waals surface area (Å²) in [4.78, 5) is 14.4. The highest BCUT2D eigenvalue weighted by atomic mass is 19.1. The number of aryl methyl sites for hydroxylation is 1. The van der Waals surface area contributed by atoms with E-state index in [4.69, 9.17) is 0 Å². The first-order chi connectivity index (χ1) is 7.65. The summed E-state index contributed by atoms with van der Waals surface area (Å²) in [5.41, 5.74) is 0.917. The summed E-state index contributed by atoms with van der Waals surface area (Å²) in [5.74, 6) is -0.341. The molecule has 2 heterocycles. The van der Waals surface area contributed by atoms with Crippen molar-refractivity contribution in [3.05, 3.63) is 40.6 Å². The van der Waals surface area contributed by atoms with Gasteiger partial charge in [-0.25, -0.2) is 4.39 Å². The van der Waals surface area contributed by atoms with E-state index in [1.807, 2.05) is 0 Å². The van der Waals surface area contributed by atoms with Gasteiger partial charge in [-0.3, -0.25) is 9.48 Å². The van der Waals surface area contributed by atoms with E-state index in [1.54, 1.807) is 24.0 Å². The van der Waals surface area contributed by atoms with Gasteiger partial charge >= 0.3 is 0 Å². The summed E-state index contributed by atoms with van der Waals surface area (Å²) in [7, 11) is 1.73. The maximum atomic E-state index is 13.1. The van der Waals surface area contributed by atoms with Crippen molar-refractivity contribution in [2.45, 2.75) is 0 Å². The third kappa shape index (κ3) is 1.14. The number of aromatic amines is 1. The van der Waals surface area contributed by atoms with E-state index in [9.17, 15) is 9.18 Å². The molecule has 0 aliphatic heterocycles. The van der Waals surface area contributed by atoms with Gasteiger partial charge in [0.2, 0.25) is 0 Å². The topological polar surface area (TPSA) is 50.7 Å². The van der Waals surface area contributed by atoms with Gasteiger partial charge in [0.15, 0.2) is 0 Å². The molecule has 5 heteroatoms. The monoisotopic (exact) mass is 217 g/mol. The average Bonchev–Trinajstić information content (AvgIpc) is 2.62. The van der Waals surface area contributed by atoms with E-state index in [0.29, 0.717) is 21.8 Å². The Morgan fingerprint density at radius 1 is 1.38 bits per heavy atom. The SMILES string of the molecule is Cn1cc2c(=O)[nH]c3ccc(F)cc3c2n1. The molecule has 1 aromatic carbocycles. The van der Waals surface area contributed by atoms with E-state index >= 15 is 0 Å². The van der Waals surface area contributed by atoms with Gasteiger partial charge < -0.3 is 4.98 Å². The van der Waals surface area contributed by atoms with E-state index in [-0.39, 0.29) is 11.4 Å². The van der Waals surface area contributed by atoms with Crippen molar-refractivity contribution >= 4 is 21.8 Å². The molecule has 0 atom stereocenters. The van der Waals surface area contributed by atoms with Crippen molar-refractivity contribution < 1.29 is 4.39 Å². The smallest absolute Gasteiger partial charge is 0.259 e. The molecule has 0 aliphatic rings. The molecule has 3 aromatic rings. The Morgan fingerprint density at radius 2 is 2.19 bits per heavy atom. The van der Waals surface area contributed by atoms with Crippen molar-refractivity contribution in [2.24, 2.45) is 7.05 Å². The van der Waals surface area contributed by atoms with E-state index < -0.39 is 0 Å². The van der Waals surface area contributed by atoms with Crippen LogP contribution in [-0.4, -0.2) is 14.8 Å². The molecule has 2 aromatic heterocycles. The van der Waals surface area contributed by atoms with Crippen molar-refractivity contribution in [1.29, 1.82) is 0 Å². The summed E-state index contributed by atoms with van der Waals surface area (Å²) in [6.07, 6.45) is 1.62. The molecular weight excluding hydrogens is 209 g/mol. The predicted octanol–water partition coefficient (Wildman–Crippen LogP) is 1.55. The number of aromatic nitrogens is 3. The van der Waals surface area contributed by atoms with Crippen molar-refractivity contribution in [1.82, 2.24) is 14.8 Å². The summed E-state index contributed by atoms with van der Waals surface area (Å²) in [5, 5.41) is 5.27. The van der Waals surface area contributed by atoms with Crippen LogP contribution in [0.4, 0.5) is 4.39 Å². The third-order valence-corrected chi connectivity index (χ3v) is 2.56. The second-order valence-electron chi connectivity index (χ2n) is 3.71. The molecule has 0 bridgehead atoms. The van der Waals surface area contributed by atoms with Gasteiger partial charge in [-0.1, -0.05) is 0 Å². The van der Waals surface area contributed by atoms with Crippen LogP contribution in [0.25, 0.3) is 21.8 Å². The first kappa shape index (κ1) is 9.08. The molecule has 80 valence electrons. The molecule has 0 aliphatic carbocycles. The molecule has 16 heavy (non-hydrogen) atoms. The standard InChI is InChI=1S/C11H8FN3O/c1-15-5-8-10(14-15)7-4-6(12)2-3-9(7)13-11(8)16/h2-5H,1H3,(H,13,16). The van der Waals surface area contributed by atoms with Gasteiger partial charge in [-0.2, -0.15) is 5.10 Å². The fraction of sp³-hybridized carbons (Fsp3) is 0.0909. The zero-order valence-electron chi connectivity index (χ0n) is 8.49. The first-order valence-electron chi connectivity index (χ1n) is 4.80. The Kier molecular flexibility index (Phi) is 1.65. The molecule has 0 amide bonds. The van der Waals surface area contributed by atoms with Gasteiger partial charge in [0.1, 0.15) is 11.3 Å². The predicted molar refractivity (Wildman–Crippen MR) is 58.8 cm³/mol. The van der Waals surface area contributed by atoms with Gasteiger partial charge in [-0.15, -0.1) is 0 Å². The van der Waals surface area contributed by atoms with Gasteiger partial charge in [0.05, 0.1) is 10.9 Å². The van der Waals surface area contributed by atoms with Gasteiger partial charge in [0, 0.05) is 18.6 Å². The lowest BCUT2D eigenvalue weighted by Gasteiger charge is -1.98. The van der Waals surface area contributed by atoms with Crippen LogP contribution in [0.5, 0.6) is 0 Å². The number of fused-ring (bicyclic) bond motifs is 3. The van der Waals surface area contributed by atoms with Crippen LogP contribution in [0.3, 0.4) is 0 Å². The van der Waals surface area contributed by atoms with Crippen molar-refractivity contribution in [3.8, 4) is 0 Å². The maximum absolute atomic E-state index is 13.1. The molecular formula is C11H8FN3O. The number of nitrogens with one attached hydrogen (secondary N) is 1. The Hall–Kier alpha value is -2.17. The van der Waals surface area contributed by atoms with Crippen molar-refractivity contribution in [3.63, 3.8) is 0 Å². The van der Waals surface area contributed by atoms with E-state index in [2.05, 4.69) is 10.1 Å². The molecule has 1 N–H and O–H groups in total. The minimum Gasteiger partial charge on any atom is -0.321 e. The highest BCUT2D eigenvalue weighted by Crippen LogP contribution is 2.19. The van der Waals surface area contributed by atoms with Gasteiger partial charge in [-0.05, 0) is 18.2 Å². The lowest BCUT2D eigenvalue weighted by Crippen LogP contribution is -2.05. The van der Waals surface area contributed by atoms with Crippen LogP contribution in [0.1, 0.15) is 0 Å². The fourth-order valence-corrected chi connectivity index (χ4v) is 1.86. The summed E-state index contributed by atoms with van der Waals surface area (Å²) < 4.78 is 14.7. The quantitative estimate of drug-likeness (QED) is 0.621. The van der Waals surface area contributed by atoms with E-state index in [0.717, 1.165) is 0 Å². The van der Waals surface area contributed by atoms with Crippen LogP contribution >= 0.6 is 0 Å². The Morgan fingerprint density at radius 3 is 3.00 bits per heavy atom. The second kappa shape index (κ2) is 2.91. The third-order valence-electron chi connectivity index (χ3n) is 2.56. The maximum Gasteiger partial charge on any atom is 0.259 e. The number of benzene rings is 1. The minimum atomic E-state index is -0.341. The fourth-order valence-electron chi connectivity index (χ4n) is 1.86. The second-order valence-corrected chi connectivity index (χ2v) is 3.71. The largest absolute Gasteiger partial charge is 0.321 e. The van der Waals surface area contributed by atoms with Crippen LogP contribution in [0.15, 0.2) is 29.2 Å². The summed E-state index contributed by atoms with van der Waals surface area (Å²) >= 11 is 0. The molecule has 0 unspecified atom stereocenters. The zero-order valence-corrected chi connectivity index (χ0v) is 8.49. The molecule has 0 saturated carbocycles. The number of hydrogen-bond donors (Lipinski definition) is 1. The van der Waals surface area contributed by atoms with Crippen LogP contribution < -0.4 is 5.56 Å². The lowest BCUT2D eigenvalue weighted by atomic mass is 10.1. The molecule has 0 spiro atoms. The number of nitrogens with zero attached hydrogens (tertiary/aromatic N) is 2. The highest BCUT2D eigenvalue weighted by Gasteiger charge is 2.09. The zero-order chi connectivity index (χ0) is 11.3. The number of H-pyrrole nitrogens is 1. The van der Waals surface area contributed by atoms with Crippen LogP contribution in [-0.2, 0) is 7.05 Å². The summed E-state index contributed by atoms with van der Waals surface area (Å²) in [6, 6.07) is 4.23. The molecule has 0 saturated heterocycles. The minimum absolute atomic E-state index is 0.206. The lowest BCUT2D eigenvalue weighted by molar-refractivity contribution is 0.629. The molecule has 0 radical (unpaired) electrons. The Balaban J connectivity index is 2.65.